The van der Waals surface area contributed by atoms with Crippen LogP contribution in [0.25, 0.3) is 11.3 Å². The minimum absolute atomic E-state index is 0.208. The lowest BCUT2D eigenvalue weighted by molar-refractivity contribution is 0.475. The smallest absolute Gasteiger partial charge is 0.143 e. The lowest BCUT2D eigenvalue weighted by atomic mass is 10.1. The number of aryl methyl sites for hydroxylation is 1. The average molecular weight is 240 g/mol. The number of nitrogens with zero attached hydrogens (tertiary/aromatic N) is 3. The molecule has 2 N–H and O–H groups in total. The number of nitriles is 1. The quantitative estimate of drug-likeness (QED) is 0.798. The highest BCUT2D eigenvalue weighted by molar-refractivity contribution is 5.74. The van der Waals surface area contributed by atoms with Gasteiger partial charge in [0, 0.05) is 18.7 Å². The summed E-state index contributed by atoms with van der Waals surface area (Å²) in [5.74, 6) is 1.01. The fraction of sp³-hybridized carbons (Fsp3) is 0.231. The molecule has 1 aromatic carbocycles. The second-order valence-corrected chi connectivity index (χ2v) is 4.23. The van der Waals surface area contributed by atoms with Crippen molar-refractivity contribution in [1.82, 2.24) is 9.78 Å². The van der Waals surface area contributed by atoms with Gasteiger partial charge in [-0.05, 0) is 30.7 Å². The Labute approximate surface area is 104 Å². The van der Waals surface area contributed by atoms with Gasteiger partial charge in [0.1, 0.15) is 28.9 Å². The van der Waals surface area contributed by atoms with Crippen LogP contribution in [-0.4, -0.2) is 21.4 Å². The minimum atomic E-state index is 0.208. The molecule has 5 heteroatoms. The van der Waals surface area contributed by atoms with Crippen LogP contribution >= 0.6 is 0 Å². The summed E-state index contributed by atoms with van der Waals surface area (Å²) in [7, 11) is 0. The van der Waals surface area contributed by atoms with Gasteiger partial charge in [-0.15, -0.1) is 0 Å². The van der Waals surface area contributed by atoms with Gasteiger partial charge in [-0.25, -0.2) is 4.68 Å². The van der Waals surface area contributed by atoms with Crippen molar-refractivity contribution >= 4 is 5.82 Å². The van der Waals surface area contributed by atoms with Gasteiger partial charge in [-0.1, -0.05) is 0 Å². The number of fused-ring (bicyclic) bond motifs is 1. The zero-order chi connectivity index (χ0) is 12.5. The summed E-state index contributed by atoms with van der Waals surface area (Å²) in [5.41, 5.74) is 2.08. The van der Waals surface area contributed by atoms with Gasteiger partial charge in [0.15, 0.2) is 0 Å². The van der Waals surface area contributed by atoms with Gasteiger partial charge in [-0.3, -0.25) is 0 Å². The van der Waals surface area contributed by atoms with E-state index in [9.17, 15) is 10.4 Å². The van der Waals surface area contributed by atoms with Gasteiger partial charge >= 0.3 is 0 Å². The van der Waals surface area contributed by atoms with Crippen LogP contribution in [0.2, 0.25) is 0 Å². The van der Waals surface area contributed by atoms with Crippen LogP contribution in [0.15, 0.2) is 24.3 Å². The largest absolute Gasteiger partial charge is 0.508 e. The highest BCUT2D eigenvalue weighted by Crippen LogP contribution is 2.30. The summed E-state index contributed by atoms with van der Waals surface area (Å²) in [5, 5.41) is 26.3. The Morgan fingerprint density at radius 3 is 2.83 bits per heavy atom. The molecule has 1 aliphatic rings. The molecular weight excluding hydrogens is 228 g/mol. The van der Waals surface area contributed by atoms with Crippen LogP contribution in [0.1, 0.15) is 12.0 Å². The fourth-order valence-corrected chi connectivity index (χ4v) is 2.17. The van der Waals surface area contributed by atoms with E-state index in [2.05, 4.69) is 16.5 Å². The van der Waals surface area contributed by atoms with Gasteiger partial charge < -0.3 is 10.4 Å². The van der Waals surface area contributed by atoms with Crippen molar-refractivity contribution in [3.05, 3.63) is 29.8 Å². The Morgan fingerprint density at radius 2 is 2.11 bits per heavy atom. The summed E-state index contributed by atoms with van der Waals surface area (Å²) in [4.78, 5) is 0. The number of phenolic OH excluding ortho intramolecular Hbond substituents is 1. The van der Waals surface area contributed by atoms with Crippen LogP contribution in [0.4, 0.5) is 5.82 Å². The Balaban J connectivity index is 2.15. The maximum Gasteiger partial charge on any atom is 0.143 e. The number of phenols is 1. The van der Waals surface area contributed by atoms with E-state index < -0.39 is 0 Å². The van der Waals surface area contributed by atoms with E-state index in [-0.39, 0.29) is 5.75 Å². The molecule has 2 aromatic rings. The number of aromatic hydroxyl groups is 1. The summed E-state index contributed by atoms with van der Waals surface area (Å²) in [6.45, 7) is 1.70. The lowest BCUT2D eigenvalue weighted by Gasteiger charge is -2.14. The molecule has 18 heavy (non-hydrogen) atoms. The van der Waals surface area contributed by atoms with E-state index in [1.54, 1.807) is 24.3 Å². The Kier molecular flexibility index (Phi) is 2.41. The first kappa shape index (κ1) is 10.7. The number of rotatable bonds is 1. The maximum absolute atomic E-state index is 9.29. The van der Waals surface area contributed by atoms with E-state index in [4.69, 9.17) is 0 Å². The zero-order valence-corrected chi connectivity index (χ0v) is 9.72. The van der Waals surface area contributed by atoms with E-state index in [0.717, 1.165) is 30.9 Å². The van der Waals surface area contributed by atoms with E-state index in [1.165, 1.54) is 0 Å². The molecule has 0 amide bonds. The standard InChI is InChI=1S/C13H12N4O/c14-8-11-12(9-2-4-10(18)5-3-9)16-17-7-1-6-15-13(11)17/h2-5,15,18H,1,6-7H2. The SMILES string of the molecule is N#Cc1c(-c2ccc(O)cc2)nn2c1NCCC2. The third-order valence-electron chi connectivity index (χ3n) is 3.04. The van der Waals surface area contributed by atoms with Crippen molar-refractivity contribution in [3.8, 4) is 23.1 Å². The highest BCUT2D eigenvalue weighted by atomic mass is 16.3. The third kappa shape index (κ3) is 1.59. The molecule has 0 fully saturated rings. The van der Waals surface area contributed by atoms with Crippen molar-refractivity contribution in [1.29, 1.82) is 5.26 Å². The van der Waals surface area contributed by atoms with Gasteiger partial charge in [0.2, 0.25) is 0 Å². The molecule has 2 heterocycles. The molecule has 0 bridgehead atoms. The van der Waals surface area contributed by atoms with Crippen LogP contribution in [0.5, 0.6) is 5.75 Å². The summed E-state index contributed by atoms with van der Waals surface area (Å²) >= 11 is 0. The van der Waals surface area contributed by atoms with Gasteiger partial charge in [0.25, 0.3) is 0 Å². The van der Waals surface area contributed by atoms with Crippen LogP contribution in [0, 0.1) is 11.3 Å². The normalized spacial score (nSPS) is 13.5. The second kappa shape index (κ2) is 4.08. The topological polar surface area (TPSA) is 73.9 Å². The number of nitrogens with one attached hydrogen (secondary N) is 1. The van der Waals surface area contributed by atoms with E-state index >= 15 is 0 Å². The monoisotopic (exact) mass is 240 g/mol. The molecule has 0 radical (unpaired) electrons. The van der Waals surface area contributed by atoms with Crippen molar-refractivity contribution in [2.24, 2.45) is 0 Å². The maximum atomic E-state index is 9.29. The first-order valence-electron chi connectivity index (χ1n) is 5.84. The minimum Gasteiger partial charge on any atom is -0.508 e. The van der Waals surface area contributed by atoms with Crippen LogP contribution in [0.3, 0.4) is 0 Å². The second-order valence-electron chi connectivity index (χ2n) is 4.23. The molecule has 0 aliphatic carbocycles. The fourth-order valence-electron chi connectivity index (χ4n) is 2.17. The molecule has 5 nitrogen and oxygen atoms in total. The predicted molar refractivity (Wildman–Crippen MR) is 67.1 cm³/mol. The average Bonchev–Trinajstić information content (AvgIpc) is 2.78. The lowest BCUT2D eigenvalue weighted by Crippen LogP contribution is -2.17. The number of benzene rings is 1. The molecule has 0 saturated carbocycles. The van der Waals surface area contributed by atoms with Crippen LogP contribution < -0.4 is 5.32 Å². The number of anilines is 1. The molecule has 90 valence electrons. The Morgan fingerprint density at radius 1 is 1.33 bits per heavy atom. The Hall–Kier alpha value is -2.48. The van der Waals surface area contributed by atoms with E-state index in [0.29, 0.717) is 11.3 Å². The van der Waals surface area contributed by atoms with Crippen molar-refractivity contribution in [2.45, 2.75) is 13.0 Å². The third-order valence-corrected chi connectivity index (χ3v) is 3.04. The first-order chi connectivity index (χ1) is 8.79. The summed E-state index contributed by atoms with van der Waals surface area (Å²) in [6.07, 6.45) is 1.01. The van der Waals surface area contributed by atoms with Crippen LogP contribution in [-0.2, 0) is 6.54 Å². The number of aromatic nitrogens is 2. The molecule has 0 atom stereocenters. The molecular formula is C13H12N4O. The zero-order valence-electron chi connectivity index (χ0n) is 9.72. The predicted octanol–water partition coefficient (Wildman–Crippen LogP) is 1.94. The van der Waals surface area contributed by atoms with Crippen molar-refractivity contribution < 1.29 is 5.11 Å². The molecule has 0 spiro atoms. The molecule has 1 aliphatic heterocycles. The Bertz CT molecular complexity index is 622. The first-order valence-corrected chi connectivity index (χ1v) is 5.84. The van der Waals surface area contributed by atoms with Gasteiger partial charge in [-0.2, -0.15) is 10.4 Å². The van der Waals surface area contributed by atoms with Crippen molar-refractivity contribution in [3.63, 3.8) is 0 Å². The van der Waals surface area contributed by atoms with E-state index in [1.807, 2.05) is 4.68 Å². The molecule has 3 rings (SSSR count). The highest BCUT2D eigenvalue weighted by Gasteiger charge is 2.20. The van der Waals surface area contributed by atoms with Crippen molar-refractivity contribution in [2.75, 3.05) is 11.9 Å². The number of hydrogen-bond donors (Lipinski definition) is 2. The molecule has 0 unspecified atom stereocenters. The summed E-state index contributed by atoms with van der Waals surface area (Å²) in [6, 6.07) is 8.94. The van der Waals surface area contributed by atoms with Gasteiger partial charge in [0.05, 0.1) is 0 Å². The molecule has 1 aromatic heterocycles. The number of hydrogen-bond acceptors (Lipinski definition) is 4. The summed E-state index contributed by atoms with van der Waals surface area (Å²) < 4.78 is 1.84. The molecule has 0 saturated heterocycles.